The number of fused-ring (bicyclic) bond motifs is 1. The summed E-state index contributed by atoms with van der Waals surface area (Å²) in [4.78, 5) is 12.9. The maximum atomic E-state index is 10.4. The van der Waals surface area contributed by atoms with E-state index in [4.69, 9.17) is 14.2 Å². The van der Waals surface area contributed by atoms with E-state index in [1.54, 1.807) is 6.21 Å². The summed E-state index contributed by atoms with van der Waals surface area (Å²) < 4.78 is 19.3. The van der Waals surface area contributed by atoms with Gasteiger partial charge in [-0.2, -0.15) is 5.10 Å². The summed E-state index contributed by atoms with van der Waals surface area (Å²) >= 11 is 0. The van der Waals surface area contributed by atoms with Crippen LogP contribution in [0.2, 0.25) is 0 Å². The molecule has 220 valence electrons. The highest BCUT2D eigenvalue weighted by Crippen LogP contribution is 2.32. The third-order valence-corrected chi connectivity index (χ3v) is 6.98. The first-order valence-electron chi connectivity index (χ1n) is 13.7. The number of hydrazone groups is 1. The van der Waals surface area contributed by atoms with Crippen LogP contribution in [0.3, 0.4) is 0 Å². The number of aromatic nitrogens is 4. The molecule has 5 aromatic rings. The molecule has 0 bridgehead atoms. The zero-order chi connectivity index (χ0) is 29.6. The Balaban J connectivity index is 1.19. The molecule has 1 aliphatic rings. The number of hydrogen-bond acceptors (Lipinski definition) is 11. The Morgan fingerprint density at radius 1 is 0.860 bits per heavy atom. The van der Waals surface area contributed by atoms with E-state index in [2.05, 4.69) is 25.5 Å². The van der Waals surface area contributed by atoms with Crippen molar-refractivity contribution in [2.24, 2.45) is 5.10 Å². The van der Waals surface area contributed by atoms with Crippen LogP contribution in [0.15, 0.2) is 96.6 Å². The van der Waals surface area contributed by atoms with Gasteiger partial charge in [0.15, 0.2) is 34.7 Å². The number of aliphatic hydroxyl groups excluding tert-OH is 3. The van der Waals surface area contributed by atoms with Gasteiger partial charge < -0.3 is 29.5 Å². The first kappa shape index (κ1) is 28.2. The standard InChI is InChI=1S/C31H30N6O6/c38-15-25-27(39)28(40)31(43-25)37-19-34-26-29(32-18-33-30(26)37)36-35-14-22-11-12-23(41-16-20-7-3-1-4-8-20)24(13-22)42-17-21-9-5-2-6-10-21/h1-14,18-19,25,27-28,31,38-40H,15-17H2,(H,32,33,36)/b35-14+. The van der Waals surface area contributed by atoms with Gasteiger partial charge in [-0.3, -0.25) is 9.99 Å². The lowest BCUT2D eigenvalue weighted by atomic mass is 10.1. The van der Waals surface area contributed by atoms with Gasteiger partial charge in [0, 0.05) is 0 Å². The molecule has 2 aromatic heterocycles. The first-order valence-corrected chi connectivity index (χ1v) is 13.7. The fourth-order valence-corrected chi connectivity index (χ4v) is 4.71. The number of nitrogens with zero attached hydrogens (tertiary/aromatic N) is 5. The van der Waals surface area contributed by atoms with E-state index in [1.807, 2.05) is 78.9 Å². The summed E-state index contributed by atoms with van der Waals surface area (Å²) in [5.74, 6) is 1.51. The summed E-state index contributed by atoms with van der Waals surface area (Å²) in [7, 11) is 0. The molecule has 4 N–H and O–H groups in total. The zero-order valence-electron chi connectivity index (χ0n) is 23.0. The number of imidazole rings is 1. The second-order valence-electron chi connectivity index (χ2n) is 9.90. The highest BCUT2D eigenvalue weighted by molar-refractivity contribution is 5.85. The number of rotatable bonds is 11. The number of anilines is 1. The summed E-state index contributed by atoms with van der Waals surface area (Å²) in [5, 5.41) is 34.3. The fraction of sp³-hybridized carbons (Fsp3) is 0.226. The van der Waals surface area contributed by atoms with Crippen molar-refractivity contribution >= 4 is 23.2 Å². The van der Waals surface area contributed by atoms with Crippen molar-refractivity contribution in [3.05, 3.63) is 108 Å². The molecule has 12 nitrogen and oxygen atoms in total. The van der Waals surface area contributed by atoms with Gasteiger partial charge in [0.1, 0.15) is 37.9 Å². The van der Waals surface area contributed by atoms with Crippen LogP contribution in [0.25, 0.3) is 11.2 Å². The molecule has 1 saturated heterocycles. The minimum atomic E-state index is -1.27. The third-order valence-electron chi connectivity index (χ3n) is 6.98. The van der Waals surface area contributed by atoms with Gasteiger partial charge in [-0.05, 0) is 34.9 Å². The van der Waals surface area contributed by atoms with Gasteiger partial charge >= 0.3 is 0 Å². The number of ether oxygens (including phenoxy) is 3. The molecular formula is C31H30N6O6. The van der Waals surface area contributed by atoms with Crippen LogP contribution in [0.4, 0.5) is 5.82 Å². The van der Waals surface area contributed by atoms with Gasteiger partial charge in [-0.15, -0.1) is 0 Å². The van der Waals surface area contributed by atoms with E-state index >= 15 is 0 Å². The Kier molecular flexibility index (Phi) is 8.52. The predicted octanol–water partition coefficient (Wildman–Crippen LogP) is 3.04. The second kappa shape index (κ2) is 13.0. The largest absolute Gasteiger partial charge is 0.485 e. The quantitative estimate of drug-likeness (QED) is 0.135. The lowest BCUT2D eigenvalue weighted by molar-refractivity contribution is -0.0511. The summed E-state index contributed by atoms with van der Waals surface area (Å²) in [6.07, 6.45) is -0.0240. The number of benzene rings is 3. The molecule has 0 spiro atoms. The Bertz CT molecular complexity index is 1680. The van der Waals surface area contributed by atoms with Crippen molar-refractivity contribution in [1.82, 2.24) is 19.5 Å². The minimum Gasteiger partial charge on any atom is -0.485 e. The van der Waals surface area contributed by atoms with Gasteiger partial charge in [0.2, 0.25) is 0 Å². The van der Waals surface area contributed by atoms with E-state index in [0.717, 1.165) is 16.7 Å². The molecule has 43 heavy (non-hydrogen) atoms. The molecule has 1 aliphatic heterocycles. The number of hydrogen-bond donors (Lipinski definition) is 4. The van der Waals surface area contributed by atoms with Gasteiger partial charge in [0.05, 0.1) is 19.1 Å². The van der Waals surface area contributed by atoms with Crippen LogP contribution >= 0.6 is 0 Å². The second-order valence-corrected chi connectivity index (χ2v) is 9.90. The van der Waals surface area contributed by atoms with Crippen molar-refractivity contribution in [1.29, 1.82) is 0 Å². The fourth-order valence-electron chi connectivity index (χ4n) is 4.71. The van der Waals surface area contributed by atoms with Crippen LogP contribution in [0, 0.1) is 0 Å². The molecule has 4 unspecified atom stereocenters. The van der Waals surface area contributed by atoms with E-state index in [0.29, 0.717) is 41.7 Å². The topological polar surface area (TPSA) is 156 Å². The average Bonchev–Trinajstić information content (AvgIpc) is 3.61. The molecule has 0 aliphatic carbocycles. The molecule has 1 fully saturated rings. The Labute approximate surface area is 246 Å². The molecule has 3 heterocycles. The third kappa shape index (κ3) is 6.32. The molecule has 12 heteroatoms. The van der Waals surface area contributed by atoms with Gasteiger partial charge in [0.25, 0.3) is 0 Å². The van der Waals surface area contributed by atoms with Crippen LogP contribution in [0.5, 0.6) is 11.5 Å². The molecule has 0 amide bonds. The molecule has 0 saturated carbocycles. The summed E-state index contributed by atoms with van der Waals surface area (Å²) in [5.41, 5.74) is 6.47. The summed E-state index contributed by atoms with van der Waals surface area (Å²) in [6, 6.07) is 25.3. The van der Waals surface area contributed by atoms with Crippen LogP contribution in [-0.2, 0) is 18.0 Å². The van der Waals surface area contributed by atoms with Crippen LogP contribution in [-0.4, -0.2) is 66.0 Å². The number of aliphatic hydroxyl groups is 3. The van der Waals surface area contributed by atoms with E-state index in [-0.39, 0.29) is 0 Å². The number of nitrogens with one attached hydrogen (secondary N) is 1. The molecule has 4 atom stereocenters. The lowest BCUT2D eigenvalue weighted by Crippen LogP contribution is -2.33. The Hall–Kier alpha value is -4.88. The van der Waals surface area contributed by atoms with Crippen molar-refractivity contribution in [2.45, 2.75) is 37.8 Å². The van der Waals surface area contributed by atoms with E-state index in [9.17, 15) is 15.3 Å². The smallest absolute Gasteiger partial charge is 0.177 e. The molecular weight excluding hydrogens is 552 g/mol. The Morgan fingerprint density at radius 2 is 1.56 bits per heavy atom. The Morgan fingerprint density at radius 3 is 2.23 bits per heavy atom. The normalized spacial score (nSPS) is 20.1. The first-order chi connectivity index (χ1) is 21.1. The lowest BCUT2D eigenvalue weighted by Gasteiger charge is -2.16. The van der Waals surface area contributed by atoms with Gasteiger partial charge in [-0.25, -0.2) is 15.0 Å². The molecule has 0 radical (unpaired) electrons. The highest BCUT2D eigenvalue weighted by Gasteiger charge is 2.44. The zero-order valence-corrected chi connectivity index (χ0v) is 23.0. The van der Waals surface area contributed by atoms with E-state index in [1.165, 1.54) is 17.2 Å². The maximum Gasteiger partial charge on any atom is 0.177 e. The van der Waals surface area contributed by atoms with Crippen molar-refractivity contribution < 1.29 is 29.5 Å². The maximum absolute atomic E-state index is 10.4. The van der Waals surface area contributed by atoms with Crippen molar-refractivity contribution in [2.75, 3.05) is 12.0 Å². The minimum absolute atomic E-state index is 0.329. The van der Waals surface area contributed by atoms with Crippen LogP contribution in [0.1, 0.15) is 22.9 Å². The van der Waals surface area contributed by atoms with Crippen molar-refractivity contribution in [3.8, 4) is 11.5 Å². The van der Waals surface area contributed by atoms with Crippen LogP contribution < -0.4 is 14.9 Å². The monoisotopic (exact) mass is 582 g/mol. The summed E-state index contributed by atoms with van der Waals surface area (Å²) in [6.45, 7) is 0.339. The average molecular weight is 583 g/mol. The SMILES string of the molecule is OCC1OC(n2cnc3c(N/N=C/c4ccc(OCc5ccccc5)c(OCc5ccccc5)c4)ncnc32)C(O)C1O. The van der Waals surface area contributed by atoms with Crippen molar-refractivity contribution in [3.63, 3.8) is 0 Å². The van der Waals surface area contributed by atoms with Gasteiger partial charge in [-0.1, -0.05) is 60.7 Å². The molecule has 3 aromatic carbocycles. The molecule has 6 rings (SSSR count). The predicted molar refractivity (Wildman–Crippen MR) is 158 cm³/mol. The highest BCUT2D eigenvalue weighted by atomic mass is 16.6. The van der Waals surface area contributed by atoms with E-state index < -0.39 is 31.1 Å².